The molecular formula is C17H20N4O2S. The van der Waals surface area contributed by atoms with Gasteiger partial charge in [-0.05, 0) is 25.0 Å². The zero-order chi connectivity index (χ0) is 16.8. The number of carbonyl (C=O) groups excluding carboxylic acids is 2. The van der Waals surface area contributed by atoms with Crippen molar-refractivity contribution in [2.45, 2.75) is 25.7 Å². The average Bonchev–Trinajstić information content (AvgIpc) is 3.07. The lowest BCUT2D eigenvalue weighted by Gasteiger charge is -2.25. The van der Waals surface area contributed by atoms with Gasteiger partial charge in [0.05, 0.1) is 17.2 Å². The van der Waals surface area contributed by atoms with Gasteiger partial charge in [0.15, 0.2) is 0 Å². The summed E-state index contributed by atoms with van der Waals surface area (Å²) in [5, 5.41) is 5.87. The molecule has 0 saturated carbocycles. The van der Waals surface area contributed by atoms with Gasteiger partial charge in [0.1, 0.15) is 0 Å². The Balaban J connectivity index is 1.44. The van der Waals surface area contributed by atoms with Gasteiger partial charge in [-0.25, -0.2) is 4.98 Å². The molecule has 7 heteroatoms. The minimum Gasteiger partial charge on any atom is -0.354 e. The molecule has 1 N–H and O–H groups in total. The van der Waals surface area contributed by atoms with Gasteiger partial charge in [-0.2, -0.15) is 0 Å². The van der Waals surface area contributed by atoms with Crippen molar-refractivity contribution in [3.63, 3.8) is 0 Å². The van der Waals surface area contributed by atoms with E-state index >= 15 is 0 Å². The minimum atomic E-state index is -0.101. The molecule has 0 aliphatic carbocycles. The molecule has 24 heavy (non-hydrogen) atoms. The number of hydrogen-bond acceptors (Lipinski definition) is 5. The number of aromatic nitrogens is 2. The Labute approximate surface area is 144 Å². The number of hydrogen-bond donors (Lipinski definition) is 1. The Morgan fingerprint density at radius 2 is 2.12 bits per heavy atom. The van der Waals surface area contributed by atoms with Crippen molar-refractivity contribution in [1.82, 2.24) is 20.2 Å². The van der Waals surface area contributed by atoms with E-state index in [9.17, 15) is 9.59 Å². The Morgan fingerprint density at radius 1 is 1.29 bits per heavy atom. The molecule has 2 aromatic rings. The summed E-state index contributed by atoms with van der Waals surface area (Å²) < 4.78 is 0. The van der Waals surface area contributed by atoms with Gasteiger partial charge in [0, 0.05) is 49.3 Å². The molecule has 1 saturated heterocycles. The van der Waals surface area contributed by atoms with Crippen LogP contribution in [0.25, 0.3) is 11.3 Å². The molecule has 0 aromatic carbocycles. The number of carbonyl (C=O) groups is 2. The third kappa shape index (κ3) is 4.38. The van der Waals surface area contributed by atoms with E-state index in [0.29, 0.717) is 25.9 Å². The van der Waals surface area contributed by atoms with Gasteiger partial charge >= 0.3 is 0 Å². The number of thiazole rings is 1. The summed E-state index contributed by atoms with van der Waals surface area (Å²) in [5.41, 5.74) is 1.97. The largest absolute Gasteiger partial charge is 0.354 e. The maximum Gasteiger partial charge on any atom is 0.239 e. The fourth-order valence-corrected chi connectivity index (χ4v) is 3.46. The first-order valence-corrected chi connectivity index (χ1v) is 8.99. The Kier molecular flexibility index (Phi) is 5.53. The van der Waals surface area contributed by atoms with Gasteiger partial charge < -0.3 is 10.2 Å². The van der Waals surface area contributed by atoms with Crippen LogP contribution in [0.1, 0.15) is 24.3 Å². The van der Waals surface area contributed by atoms with Crippen LogP contribution in [-0.4, -0.2) is 46.3 Å². The molecule has 0 bridgehead atoms. The van der Waals surface area contributed by atoms with E-state index < -0.39 is 0 Å². The molecule has 126 valence electrons. The van der Waals surface area contributed by atoms with Gasteiger partial charge in [0.2, 0.25) is 11.8 Å². The zero-order valence-electron chi connectivity index (χ0n) is 13.4. The molecule has 0 unspecified atom stereocenters. The summed E-state index contributed by atoms with van der Waals surface area (Å²) in [6.45, 7) is 1.39. The normalized spacial score (nSPS) is 14.7. The molecule has 6 nitrogen and oxygen atoms in total. The molecule has 3 rings (SSSR count). The van der Waals surface area contributed by atoms with E-state index in [-0.39, 0.29) is 18.4 Å². The van der Waals surface area contributed by atoms with Gasteiger partial charge in [-0.1, -0.05) is 0 Å². The van der Waals surface area contributed by atoms with Crippen molar-refractivity contribution in [3.05, 3.63) is 34.9 Å². The molecule has 0 radical (unpaired) electrons. The summed E-state index contributed by atoms with van der Waals surface area (Å²) in [6.07, 6.45) is 6.66. The predicted molar refractivity (Wildman–Crippen MR) is 92.5 cm³/mol. The molecule has 1 fully saturated rings. The standard InChI is InChI=1S/C17H20N4O2S/c22-15(11-21-10-2-1-3-17(21)23)19-9-6-16-20-14(12-24-16)13-4-7-18-8-5-13/h4-5,7-8,12H,1-3,6,9-11H2,(H,19,22). The summed E-state index contributed by atoms with van der Waals surface area (Å²) in [4.78, 5) is 33.9. The lowest BCUT2D eigenvalue weighted by atomic mass is 10.1. The van der Waals surface area contributed by atoms with E-state index in [1.54, 1.807) is 28.6 Å². The predicted octanol–water partition coefficient (Wildman–Crippen LogP) is 1.88. The van der Waals surface area contributed by atoms with E-state index in [4.69, 9.17) is 0 Å². The third-order valence-electron chi connectivity index (χ3n) is 3.94. The van der Waals surface area contributed by atoms with Crippen LogP contribution in [0.2, 0.25) is 0 Å². The van der Waals surface area contributed by atoms with Crippen LogP contribution in [0.4, 0.5) is 0 Å². The lowest BCUT2D eigenvalue weighted by Crippen LogP contribution is -2.43. The van der Waals surface area contributed by atoms with Gasteiger partial charge in [-0.15, -0.1) is 11.3 Å². The van der Waals surface area contributed by atoms with Crippen LogP contribution >= 0.6 is 11.3 Å². The molecule has 1 aliphatic rings. The number of amides is 2. The maximum absolute atomic E-state index is 11.9. The highest BCUT2D eigenvalue weighted by Gasteiger charge is 2.20. The van der Waals surface area contributed by atoms with Crippen molar-refractivity contribution in [2.75, 3.05) is 19.6 Å². The van der Waals surface area contributed by atoms with E-state index in [1.807, 2.05) is 17.5 Å². The number of nitrogens with one attached hydrogen (secondary N) is 1. The van der Waals surface area contributed by atoms with Gasteiger partial charge in [-0.3, -0.25) is 14.6 Å². The van der Waals surface area contributed by atoms with Crippen LogP contribution in [0, 0.1) is 0 Å². The fourth-order valence-electron chi connectivity index (χ4n) is 2.65. The fraction of sp³-hybridized carbons (Fsp3) is 0.412. The first kappa shape index (κ1) is 16.6. The molecular weight excluding hydrogens is 324 g/mol. The number of pyridine rings is 1. The lowest BCUT2D eigenvalue weighted by molar-refractivity contribution is -0.137. The second kappa shape index (κ2) is 8.01. The van der Waals surface area contributed by atoms with Crippen LogP contribution in [0.3, 0.4) is 0 Å². The highest BCUT2D eigenvalue weighted by molar-refractivity contribution is 7.09. The monoisotopic (exact) mass is 344 g/mol. The van der Waals surface area contributed by atoms with Gasteiger partial charge in [0.25, 0.3) is 0 Å². The van der Waals surface area contributed by atoms with E-state index in [1.165, 1.54) is 0 Å². The molecule has 3 heterocycles. The van der Waals surface area contributed by atoms with E-state index in [0.717, 1.165) is 29.1 Å². The molecule has 0 spiro atoms. The highest BCUT2D eigenvalue weighted by Crippen LogP contribution is 2.21. The van der Waals surface area contributed by atoms with Crippen LogP contribution in [-0.2, 0) is 16.0 Å². The van der Waals surface area contributed by atoms with Crippen LogP contribution in [0.15, 0.2) is 29.9 Å². The van der Waals surface area contributed by atoms with E-state index in [2.05, 4.69) is 15.3 Å². The second-order valence-electron chi connectivity index (χ2n) is 5.73. The molecule has 0 atom stereocenters. The Bertz CT molecular complexity index is 702. The number of rotatable bonds is 6. The topological polar surface area (TPSA) is 75.2 Å². The summed E-state index contributed by atoms with van der Waals surface area (Å²) in [7, 11) is 0. The summed E-state index contributed by atoms with van der Waals surface area (Å²) in [5.74, 6) is -0.0190. The van der Waals surface area contributed by atoms with Crippen LogP contribution in [0.5, 0.6) is 0 Å². The van der Waals surface area contributed by atoms with Crippen molar-refractivity contribution in [1.29, 1.82) is 0 Å². The minimum absolute atomic E-state index is 0.0818. The zero-order valence-corrected chi connectivity index (χ0v) is 14.2. The first-order valence-electron chi connectivity index (χ1n) is 8.11. The molecule has 2 amide bonds. The SMILES string of the molecule is O=C(CN1CCCCC1=O)NCCc1nc(-c2ccncc2)cs1. The number of piperidine rings is 1. The van der Waals surface area contributed by atoms with Crippen molar-refractivity contribution in [2.24, 2.45) is 0 Å². The number of nitrogens with zero attached hydrogens (tertiary/aromatic N) is 3. The van der Waals surface area contributed by atoms with Crippen LogP contribution < -0.4 is 5.32 Å². The van der Waals surface area contributed by atoms with Crippen molar-refractivity contribution in [3.8, 4) is 11.3 Å². The Hall–Kier alpha value is -2.28. The van der Waals surface area contributed by atoms with Crippen molar-refractivity contribution >= 4 is 23.2 Å². The third-order valence-corrected chi connectivity index (χ3v) is 4.85. The number of likely N-dealkylation sites (tertiary alicyclic amines) is 1. The average molecular weight is 344 g/mol. The maximum atomic E-state index is 11.9. The summed E-state index contributed by atoms with van der Waals surface area (Å²) in [6, 6.07) is 3.85. The van der Waals surface area contributed by atoms with Crippen molar-refractivity contribution < 1.29 is 9.59 Å². The Morgan fingerprint density at radius 3 is 2.92 bits per heavy atom. The molecule has 2 aromatic heterocycles. The summed E-state index contributed by atoms with van der Waals surface area (Å²) >= 11 is 1.58. The quantitative estimate of drug-likeness (QED) is 0.868. The highest BCUT2D eigenvalue weighted by atomic mass is 32.1. The first-order chi connectivity index (χ1) is 11.7. The molecule has 1 aliphatic heterocycles. The smallest absolute Gasteiger partial charge is 0.239 e. The second-order valence-corrected chi connectivity index (χ2v) is 6.68.